The lowest BCUT2D eigenvalue weighted by molar-refractivity contribution is -0.756. The maximum atomic E-state index is 11.7. The van der Waals surface area contributed by atoms with E-state index in [2.05, 4.69) is 5.10 Å². The predicted molar refractivity (Wildman–Crippen MR) is 78.0 cm³/mol. The third kappa shape index (κ3) is 7.30. The van der Waals surface area contributed by atoms with E-state index in [1.54, 1.807) is 4.90 Å². The van der Waals surface area contributed by atoms with Gasteiger partial charge in [0, 0.05) is 19.2 Å². The Morgan fingerprint density at radius 2 is 1.88 bits per heavy atom. The van der Waals surface area contributed by atoms with Gasteiger partial charge >= 0.3 is 11.6 Å². The maximum absolute atomic E-state index is 11.7. The van der Waals surface area contributed by atoms with E-state index in [0.717, 1.165) is 19.6 Å². The molecule has 1 aromatic heterocycles. The number of alkyl halides is 3. The number of aromatic amines is 1. The Bertz CT molecular complexity index is 662. The lowest BCUT2D eigenvalue weighted by Crippen LogP contribution is -2.56. The largest absolute Gasteiger partial charge is 0.741 e. The molecule has 1 N–H and O–H groups in total. The minimum atomic E-state index is -6.09. The highest BCUT2D eigenvalue weighted by Gasteiger charge is 2.37. The summed E-state index contributed by atoms with van der Waals surface area (Å²) in [6.07, 6.45) is 3.69. The first-order valence-electron chi connectivity index (χ1n) is 7.22. The van der Waals surface area contributed by atoms with Gasteiger partial charge in [0.15, 0.2) is 22.9 Å². The van der Waals surface area contributed by atoms with E-state index in [-0.39, 0.29) is 6.09 Å². The number of ether oxygens (including phenoxy) is 1. The highest BCUT2D eigenvalue weighted by atomic mass is 32.2. The molecule has 0 aliphatic carbocycles. The Balaban J connectivity index is 0.000000333. The van der Waals surface area contributed by atoms with Crippen molar-refractivity contribution in [1.29, 1.82) is 0 Å². The summed E-state index contributed by atoms with van der Waals surface area (Å²) in [5.41, 5.74) is -6.05. The number of carbonyl (C=O) groups is 1. The van der Waals surface area contributed by atoms with Gasteiger partial charge in [-0.15, -0.1) is 4.68 Å². The zero-order valence-electron chi connectivity index (χ0n) is 13.9. The van der Waals surface area contributed by atoms with Crippen LogP contribution < -0.4 is 4.68 Å². The fraction of sp³-hybridized carbons (Fsp3) is 0.692. The molecule has 0 saturated carbocycles. The van der Waals surface area contributed by atoms with Gasteiger partial charge in [0.05, 0.1) is 12.1 Å². The molecule has 1 aromatic rings. The second-order valence-corrected chi connectivity index (χ2v) is 7.81. The second kappa shape index (κ2) is 7.60. The van der Waals surface area contributed by atoms with E-state index in [1.165, 1.54) is 0 Å². The lowest BCUT2D eigenvalue weighted by Gasteiger charge is -2.37. The van der Waals surface area contributed by atoms with Crippen molar-refractivity contribution in [3.63, 3.8) is 0 Å². The number of halogens is 3. The van der Waals surface area contributed by atoms with Crippen LogP contribution in [0.25, 0.3) is 0 Å². The van der Waals surface area contributed by atoms with Gasteiger partial charge in [0.25, 0.3) is 0 Å². The first kappa shape index (κ1) is 21.2. The molecule has 0 atom stereocenters. The smallest absolute Gasteiger partial charge is 0.485 e. The Kier molecular flexibility index (Phi) is 6.45. The fourth-order valence-corrected chi connectivity index (χ4v) is 1.88. The number of carbonyl (C=O) groups excluding carboxylic acids is 1. The number of amides is 1. The van der Waals surface area contributed by atoms with Crippen molar-refractivity contribution >= 4 is 16.2 Å². The van der Waals surface area contributed by atoms with Crippen molar-refractivity contribution in [2.24, 2.45) is 5.92 Å². The molecule has 0 radical (unpaired) electrons. The van der Waals surface area contributed by atoms with Crippen molar-refractivity contribution in [2.75, 3.05) is 13.1 Å². The molecule has 144 valence electrons. The fourth-order valence-electron chi connectivity index (χ4n) is 1.88. The summed E-state index contributed by atoms with van der Waals surface area (Å²) in [6, 6.07) is 1.96. The average molecular weight is 387 g/mol. The molecule has 2 rings (SSSR count). The van der Waals surface area contributed by atoms with Crippen LogP contribution in [0.3, 0.4) is 0 Å². The standard InChI is InChI=1S/C12H19N3O2.CHF3O3S/c1-12(2,3)17-11(16)14-7-10(8-14)9-15-6-4-5-13-15;2-1(3,4)8(5,6)7/h4-6,10H,7-9H2,1-3H3;(H,5,6,7). The average Bonchev–Trinajstić information content (AvgIpc) is 2.81. The van der Waals surface area contributed by atoms with Crippen LogP contribution in [-0.2, 0) is 21.4 Å². The molecule has 8 nitrogen and oxygen atoms in total. The molecule has 1 fully saturated rings. The molecule has 12 heteroatoms. The molecule has 0 aromatic carbocycles. The predicted octanol–water partition coefficient (Wildman–Crippen LogP) is 1.22. The van der Waals surface area contributed by atoms with Gasteiger partial charge < -0.3 is 14.2 Å². The van der Waals surface area contributed by atoms with Gasteiger partial charge in [-0.25, -0.2) is 13.2 Å². The van der Waals surface area contributed by atoms with Gasteiger partial charge in [-0.3, -0.25) is 0 Å². The van der Waals surface area contributed by atoms with Crippen molar-refractivity contribution in [2.45, 2.75) is 38.4 Å². The van der Waals surface area contributed by atoms with Crippen LogP contribution in [0.4, 0.5) is 18.0 Å². The normalized spacial score (nSPS) is 15.9. The second-order valence-electron chi connectivity index (χ2n) is 6.44. The zero-order valence-corrected chi connectivity index (χ0v) is 14.7. The topological polar surface area (TPSA) is 106 Å². The van der Waals surface area contributed by atoms with Crippen LogP contribution in [0.2, 0.25) is 0 Å². The van der Waals surface area contributed by atoms with Gasteiger partial charge in [0.2, 0.25) is 0 Å². The molecule has 25 heavy (non-hydrogen) atoms. The van der Waals surface area contributed by atoms with Crippen molar-refractivity contribution in [3.8, 4) is 0 Å². The summed E-state index contributed by atoms with van der Waals surface area (Å²) in [7, 11) is -6.09. The molecule has 2 heterocycles. The number of rotatable bonds is 2. The number of hydrogen-bond donors (Lipinski definition) is 1. The molecule has 1 amide bonds. The van der Waals surface area contributed by atoms with Crippen molar-refractivity contribution < 1.29 is 40.4 Å². The third-order valence-corrected chi connectivity index (χ3v) is 3.52. The van der Waals surface area contributed by atoms with Crippen LogP contribution >= 0.6 is 0 Å². The van der Waals surface area contributed by atoms with Crippen LogP contribution in [0, 0.1) is 5.92 Å². The van der Waals surface area contributed by atoms with E-state index in [9.17, 15) is 18.0 Å². The molecule has 0 bridgehead atoms. The summed E-state index contributed by atoms with van der Waals surface area (Å²) in [5.74, 6) is 0.520. The van der Waals surface area contributed by atoms with Gasteiger partial charge in [-0.1, -0.05) is 0 Å². The number of aromatic nitrogens is 2. The Labute approximate surface area is 143 Å². The number of nitrogens with one attached hydrogen (secondary N) is 1. The molecule has 1 aliphatic rings. The molecule has 1 saturated heterocycles. The van der Waals surface area contributed by atoms with Crippen LogP contribution in [0.5, 0.6) is 0 Å². The number of nitrogens with zero attached hydrogens (tertiary/aromatic N) is 2. The summed E-state index contributed by atoms with van der Waals surface area (Å²) >= 11 is 0. The van der Waals surface area contributed by atoms with Crippen molar-refractivity contribution in [3.05, 3.63) is 18.5 Å². The summed E-state index contributed by atoms with van der Waals surface area (Å²) in [6.45, 7) is 8.14. The lowest BCUT2D eigenvalue weighted by atomic mass is 10.0. The van der Waals surface area contributed by atoms with Crippen LogP contribution in [-0.4, -0.2) is 53.3 Å². The van der Waals surface area contributed by atoms with Crippen LogP contribution in [0.15, 0.2) is 18.5 Å². The van der Waals surface area contributed by atoms with Crippen LogP contribution in [0.1, 0.15) is 20.8 Å². The minimum absolute atomic E-state index is 0.203. The van der Waals surface area contributed by atoms with Gasteiger partial charge in [-0.05, 0) is 20.8 Å². The van der Waals surface area contributed by atoms with E-state index in [1.807, 2.05) is 43.9 Å². The van der Waals surface area contributed by atoms with E-state index < -0.39 is 21.2 Å². The molecule has 1 aliphatic heterocycles. The number of H-pyrrole nitrogens is 1. The SMILES string of the molecule is CC(C)(C)OC(=O)N1CC(C[n+]2ccc[nH]2)C1.O=S(=O)([O-])C(F)(F)F. The zero-order chi connectivity index (χ0) is 19.5. The highest BCUT2D eigenvalue weighted by Crippen LogP contribution is 2.20. The highest BCUT2D eigenvalue weighted by molar-refractivity contribution is 7.86. The Morgan fingerprint density at radius 3 is 2.24 bits per heavy atom. The molecule has 0 spiro atoms. The van der Waals surface area contributed by atoms with Gasteiger partial charge in [-0.2, -0.15) is 18.3 Å². The third-order valence-electron chi connectivity index (χ3n) is 2.95. The Morgan fingerprint density at radius 1 is 1.36 bits per heavy atom. The summed E-state index contributed by atoms with van der Waals surface area (Å²) in [4.78, 5) is 13.4. The number of likely N-dealkylation sites (tertiary alicyclic amines) is 1. The number of hydrogen-bond acceptors (Lipinski definition) is 5. The Hall–Kier alpha value is -1.82. The molecule has 0 unspecified atom stereocenters. The van der Waals surface area contributed by atoms with Crippen molar-refractivity contribution in [1.82, 2.24) is 10.00 Å². The quantitative estimate of drug-likeness (QED) is 0.467. The minimum Gasteiger partial charge on any atom is -0.741 e. The summed E-state index contributed by atoms with van der Waals surface area (Å²) in [5, 5.41) is 3.10. The molecular formula is C13H20F3N3O5S. The van der Waals surface area contributed by atoms with E-state index >= 15 is 0 Å². The molecular weight excluding hydrogens is 367 g/mol. The van der Waals surface area contributed by atoms with E-state index in [0.29, 0.717) is 5.92 Å². The maximum Gasteiger partial charge on any atom is 0.485 e. The summed E-state index contributed by atoms with van der Waals surface area (Å²) < 4.78 is 66.2. The van der Waals surface area contributed by atoms with Gasteiger partial charge in [0.1, 0.15) is 5.60 Å². The monoisotopic (exact) mass is 387 g/mol. The first-order chi connectivity index (χ1) is 11.2. The van der Waals surface area contributed by atoms with E-state index in [4.69, 9.17) is 17.7 Å². The first-order valence-corrected chi connectivity index (χ1v) is 8.63.